The van der Waals surface area contributed by atoms with E-state index in [0.717, 1.165) is 0 Å². The van der Waals surface area contributed by atoms with Crippen molar-refractivity contribution in [2.75, 3.05) is 6.54 Å². The number of nitrogens with one attached hydrogen (secondary N) is 2. The summed E-state index contributed by atoms with van der Waals surface area (Å²) in [5, 5.41) is 6.23. The van der Waals surface area contributed by atoms with Gasteiger partial charge in [0.2, 0.25) is 17.7 Å². The summed E-state index contributed by atoms with van der Waals surface area (Å²) in [5.41, 5.74) is 0.263. The van der Waals surface area contributed by atoms with Gasteiger partial charge in [-0.15, -0.1) is 0 Å². The molecule has 0 aliphatic carbocycles. The number of rotatable bonds is 5. The molecule has 0 unspecified atom stereocenters. The van der Waals surface area contributed by atoms with E-state index in [4.69, 9.17) is 16.3 Å². The van der Waals surface area contributed by atoms with E-state index in [1.54, 1.807) is 41.3 Å². The smallest absolute Gasteiger partial charge is 0.257 e. The summed E-state index contributed by atoms with van der Waals surface area (Å²) in [6.07, 6.45) is 2.44. The fraction of sp³-hybridized carbons (Fsp3) is 0.333. The van der Waals surface area contributed by atoms with Gasteiger partial charge in [0.25, 0.3) is 5.91 Å². The molecule has 0 bridgehead atoms. The van der Waals surface area contributed by atoms with E-state index in [1.165, 1.54) is 6.20 Å². The number of carbonyl (C=O) groups excluding carboxylic acids is 3. The minimum atomic E-state index is -0.552. The van der Waals surface area contributed by atoms with Gasteiger partial charge in [0.15, 0.2) is 0 Å². The third-order valence-electron chi connectivity index (χ3n) is 5.29. The van der Waals surface area contributed by atoms with Gasteiger partial charge in [-0.2, -0.15) is 0 Å². The fourth-order valence-corrected chi connectivity index (χ4v) is 3.89. The number of amides is 3. The molecule has 3 atom stereocenters. The second-order valence-electron chi connectivity index (χ2n) is 7.29. The second-order valence-corrected chi connectivity index (χ2v) is 7.73. The Labute approximate surface area is 178 Å². The lowest BCUT2D eigenvalue weighted by atomic mass is 10.1. The normalized spacial score (nSPS) is 23.0. The molecule has 9 heteroatoms. The van der Waals surface area contributed by atoms with E-state index < -0.39 is 12.1 Å². The summed E-state index contributed by atoms with van der Waals surface area (Å²) in [5.74, 6) is 0.000986. The highest BCUT2D eigenvalue weighted by Crippen LogP contribution is 2.26. The summed E-state index contributed by atoms with van der Waals surface area (Å²) >= 11 is 5.89. The molecule has 0 radical (unpaired) electrons. The number of benzene rings is 1. The van der Waals surface area contributed by atoms with E-state index >= 15 is 0 Å². The summed E-state index contributed by atoms with van der Waals surface area (Å²) in [7, 11) is 0. The summed E-state index contributed by atoms with van der Waals surface area (Å²) < 4.78 is 5.75. The van der Waals surface area contributed by atoms with Crippen LogP contribution in [0.15, 0.2) is 42.6 Å². The maximum Gasteiger partial charge on any atom is 0.257 e. The number of fused-ring (bicyclic) bond motifs is 1. The lowest BCUT2D eigenvalue weighted by Crippen LogP contribution is -2.60. The van der Waals surface area contributed by atoms with Crippen molar-refractivity contribution in [2.45, 2.75) is 37.9 Å². The fourth-order valence-electron chi connectivity index (χ4n) is 3.76. The van der Waals surface area contributed by atoms with Crippen LogP contribution in [0.3, 0.4) is 0 Å². The third kappa shape index (κ3) is 3.95. The van der Waals surface area contributed by atoms with Gasteiger partial charge in [0.1, 0.15) is 23.4 Å². The molecule has 2 aliphatic heterocycles. The Kier molecular flexibility index (Phi) is 5.59. The number of pyridine rings is 1. The van der Waals surface area contributed by atoms with Gasteiger partial charge in [-0.3, -0.25) is 14.4 Å². The SMILES string of the molecule is CC[C@@H]1NC(=O)[C@@H]2C[C@H](NC(=O)c3cccnc3Oc3ccc(Cl)cc3)CN2C1=O. The molecule has 30 heavy (non-hydrogen) atoms. The standard InChI is InChI=1S/C21H21ClN4O4/c1-2-16-21(29)26-11-13(10-17(26)19(28)25-16)24-18(27)15-4-3-9-23-20(15)30-14-7-5-12(22)6-8-14/h3-9,13,16-17H,2,10-11H2,1H3,(H,24,27)(H,25,28)/t13-,16-,17-/m0/s1. The quantitative estimate of drug-likeness (QED) is 0.759. The Bertz CT molecular complexity index is 981. The van der Waals surface area contributed by atoms with Crippen LogP contribution in [0, 0.1) is 0 Å². The van der Waals surface area contributed by atoms with Crippen molar-refractivity contribution in [1.29, 1.82) is 0 Å². The molecule has 1 aromatic heterocycles. The molecule has 3 amide bonds. The average molecular weight is 429 g/mol. The molecule has 2 saturated heterocycles. The molecule has 3 heterocycles. The van der Waals surface area contributed by atoms with Crippen molar-refractivity contribution in [2.24, 2.45) is 0 Å². The van der Waals surface area contributed by atoms with Crippen LogP contribution in [0.25, 0.3) is 0 Å². The topological polar surface area (TPSA) is 101 Å². The lowest BCUT2D eigenvalue weighted by molar-refractivity contribution is -0.147. The minimum Gasteiger partial charge on any atom is -0.438 e. The Morgan fingerprint density at radius 1 is 1.30 bits per heavy atom. The van der Waals surface area contributed by atoms with Gasteiger partial charge >= 0.3 is 0 Å². The molecule has 2 fully saturated rings. The highest BCUT2D eigenvalue weighted by Gasteiger charge is 2.46. The molecule has 8 nitrogen and oxygen atoms in total. The highest BCUT2D eigenvalue weighted by atomic mass is 35.5. The van der Waals surface area contributed by atoms with E-state index in [-0.39, 0.29) is 35.2 Å². The Balaban J connectivity index is 1.47. The number of nitrogens with zero attached hydrogens (tertiary/aromatic N) is 2. The number of hydrogen-bond donors (Lipinski definition) is 2. The van der Waals surface area contributed by atoms with Crippen molar-refractivity contribution in [3.63, 3.8) is 0 Å². The first-order valence-electron chi connectivity index (χ1n) is 9.76. The summed E-state index contributed by atoms with van der Waals surface area (Å²) in [6.45, 7) is 2.15. The average Bonchev–Trinajstić information content (AvgIpc) is 3.17. The molecular formula is C21H21ClN4O4. The van der Waals surface area contributed by atoms with Crippen molar-refractivity contribution < 1.29 is 19.1 Å². The highest BCUT2D eigenvalue weighted by molar-refractivity contribution is 6.30. The molecule has 0 saturated carbocycles. The zero-order valence-electron chi connectivity index (χ0n) is 16.3. The lowest BCUT2D eigenvalue weighted by Gasteiger charge is -2.33. The van der Waals surface area contributed by atoms with Crippen LogP contribution in [0.4, 0.5) is 0 Å². The summed E-state index contributed by atoms with van der Waals surface area (Å²) in [4.78, 5) is 43.5. The molecule has 2 aliphatic rings. The second kappa shape index (κ2) is 8.31. The molecule has 2 N–H and O–H groups in total. The minimum absolute atomic E-state index is 0.105. The first-order chi connectivity index (χ1) is 14.5. The van der Waals surface area contributed by atoms with Crippen LogP contribution < -0.4 is 15.4 Å². The largest absolute Gasteiger partial charge is 0.438 e. The maximum atomic E-state index is 12.9. The van der Waals surface area contributed by atoms with Gasteiger partial charge in [-0.1, -0.05) is 18.5 Å². The van der Waals surface area contributed by atoms with Crippen LogP contribution >= 0.6 is 11.6 Å². The first-order valence-corrected chi connectivity index (χ1v) is 10.1. The van der Waals surface area contributed by atoms with E-state index in [2.05, 4.69) is 15.6 Å². The van der Waals surface area contributed by atoms with Crippen LogP contribution in [0.5, 0.6) is 11.6 Å². The van der Waals surface area contributed by atoms with E-state index in [0.29, 0.717) is 30.2 Å². The van der Waals surface area contributed by atoms with Crippen LogP contribution in [-0.2, 0) is 9.59 Å². The Hall–Kier alpha value is -3.13. The number of piperazine rings is 1. The predicted molar refractivity (Wildman–Crippen MR) is 109 cm³/mol. The molecular weight excluding hydrogens is 408 g/mol. The van der Waals surface area contributed by atoms with Gasteiger partial charge in [0.05, 0.1) is 0 Å². The number of halogens is 1. The van der Waals surface area contributed by atoms with E-state index in [9.17, 15) is 14.4 Å². The molecule has 0 spiro atoms. The van der Waals surface area contributed by atoms with Crippen molar-refractivity contribution in [3.8, 4) is 11.6 Å². The first kappa shape index (κ1) is 20.2. The molecule has 2 aromatic rings. The maximum absolute atomic E-state index is 12.9. The van der Waals surface area contributed by atoms with Crippen molar-refractivity contribution in [3.05, 3.63) is 53.2 Å². The van der Waals surface area contributed by atoms with Gasteiger partial charge in [0, 0.05) is 23.8 Å². The van der Waals surface area contributed by atoms with Gasteiger partial charge < -0.3 is 20.3 Å². The summed E-state index contributed by atoms with van der Waals surface area (Å²) in [6, 6.07) is 8.59. The van der Waals surface area contributed by atoms with Crippen LogP contribution in [0.2, 0.25) is 5.02 Å². The molecule has 1 aromatic carbocycles. The van der Waals surface area contributed by atoms with Crippen molar-refractivity contribution >= 4 is 29.3 Å². The van der Waals surface area contributed by atoms with Gasteiger partial charge in [-0.25, -0.2) is 4.98 Å². The van der Waals surface area contributed by atoms with Crippen molar-refractivity contribution in [1.82, 2.24) is 20.5 Å². The monoisotopic (exact) mass is 428 g/mol. The number of aromatic nitrogens is 1. The molecule has 156 valence electrons. The Morgan fingerprint density at radius 3 is 2.80 bits per heavy atom. The number of carbonyl (C=O) groups is 3. The predicted octanol–water partition coefficient (Wildman–Crippen LogP) is 2.13. The van der Waals surface area contributed by atoms with Crippen LogP contribution in [-0.4, -0.2) is 52.3 Å². The van der Waals surface area contributed by atoms with Gasteiger partial charge in [-0.05, 0) is 49.2 Å². The van der Waals surface area contributed by atoms with Crippen LogP contribution in [0.1, 0.15) is 30.1 Å². The molecule has 4 rings (SSSR count). The number of ether oxygens (including phenoxy) is 1. The number of hydrogen-bond acceptors (Lipinski definition) is 5. The third-order valence-corrected chi connectivity index (χ3v) is 5.54. The Morgan fingerprint density at radius 2 is 2.07 bits per heavy atom. The van der Waals surface area contributed by atoms with E-state index in [1.807, 2.05) is 6.92 Å². The zero-order chi connectivity index (χ0) is 21.3. The zero-order valence-corrected chi connectivity index (χ0v) is 17.1.